The molecule has 1 aliphatic heterocycles. The largest absolute Gasteiger partial charge is 0.497 e. The standard InChI is InChI=1S/C21H20N4O2/c1-27-18-8-6-15(7-9-18)12-22-20(26)17-13-23-21(24-14-17)25-11-10-16-4-2-3-5-19(16)25/h2-9,13-14H,10-12H2,1H3,(H,22,26). The molecule has 27 heavy (non-hydrogen) atoms. The fraction of sp³-hybridized carbons (Fsp3) is 0.190. The van der Waals surface area contributed by atoms with Crippen molar-refractivity contribution < 1.29 is 9.53 Å². The number of amides is 1. The fourth-order valence-corrected chi connectivity index (χ4v) is 3.15. The van der Waals surface area contributed by atoms with E-state index in [0.717, 1.165) is 30.0 Å². The Morgan fingerprint density at radius 2 is 1.85 bits per heavy atom. The Balaban J connectivity index is 1.40. The van der Waals surface area contributed by atoms with Crippen molar-refractivity contribution in [3.8, 4) is 5.75 Å². The summed E-state index contributed by atoms with van der Waals surface area (Å²) in [5.74, 6) is 1.21. The molecule has 1 aliphatic rings. The van der Waals surface area contributed by atoms with Crippen molar-refractivity contribution in [1.29, 1.82) is 0 Å². The lowest BCUT2D eigenvalue weighted by molar-refractivity contribution is 0.0950. The number of anilines is 2. The first-order valence-electron chi connectivity index (χ1n) is 8.83. The summed E-state index contributed by atoms with van der Waals surface area (Å²) in [5, 5.41) is 2.88. The lowest BCUT2D eigenvalue weighted by Gasteiger charge is -2.16. The predicted octanol–water partition coefficient (Wildman–Crippen LogP) is 3.11. The molecule has 2 heterocycles. The van der Waals surface area contributed by atoms with Crippen LogP contribution in [0.4, 0.5) is 11.6 Å². The van der Waals surface area contributed by atoms with Gasteiger partial charge in [-0.3, -0.25) is 4.79 Å². The smallest absolute Gasteiger partial charge is 0.254 e. The normalized spacial score (nSPS) is 12.6. The summed E-state index contributed by atoms with van der Waals surface area (Å²) < 4.78 is 5.13. The van der Waals surface area contributed by atoms with E-state index in [2.05, 4.69) is 32.3 Å². The molecule has 0 fully saturated rings. The molecular formula is C21H20N4O2. The van der Waals surface area contributed by atoms with Gasteiger partial charge in [0.2, 0.25) is 5.95 Å². The van der Waals surface area contributed by atoms with Crippen LogP contribution in [0.2, 0.25) is 0 Å². The number of carbonyl (C=O) groups excluding carboxylic acids is 1. The van der Waals surface area contributed by atoms with E-state index in [-0.39, 0.29) is 5.91 Å². The van der Waals surface area contributed by atoms with Crippen LogP contribution < -0.4 is 15.0 Å². The molecule has 1 amide bonds. The van der Waals surface area contributed by atoms with E-state index in [0.29, 0.717) is 18.1 Å². The number of para-hydroxylation sites is 1. The molecule has 136 valence electrons. The van der Waals surface area contributed by atoms with Gasteiger partial charge in [-0.15, -0.1) is 0 Å². The van der Waals surface area contributed by atoms with Crippen molar-refractivity contribution in [2.24, 2.45) is 0 Å². The van der Waals surface area contributed by atoms with E-state index >= 15 is 0 Å². The van der Waals surface area contributed by atoms with Gasteiger partial charge >= 0.3 is 0 Å². The van der Waals surface area contributed by atoms with E-state index in [1.54, 1.807) is 19.5 Å². The maximum Gasteiger partial charge on any atom is 0.254 e. The van der Waals surface area contributed by atoms with E-state index in [4.69, 9.17) is 4.74 Å². The molecule has 0 bridgehead atoms. The van der Waals surface area contributed by atoms with E-state index in [9.17, 15) is 4.79 Å². The molecule has 2 aromatic carbocycles. The molecule has 0 spiro atoms. The fourth-order valence-electron chi connectivity index (χ4n) is 3.15. The van der Waals surface area contributed by atoms with Crippen molar-refractivity contribution in [2.75, 3.05) is 18.6 Å². The third kappa shape index (κ3) is 3.60. The Labute approximate surface area is 157 Å². The number of nitrogens with zero attached hydrogens (tertiary/aromatic N) is 3. The Kier molecular flexibility index (Phi) is 4.70. The lowest BCUT2D eigenvalue weighted by Crippen LogP contribution is -2.24. The van der Waals surface area contributed by atoms with Gasteiger partial charge in [-0.2, -0.15) is 0 Å². The first kappa shape index (κ1) is 17.0. The minimum Gasteiger partial charge on any atom is -0.497 e. The summed E-state index contributed by atoms with van der Waals surface area (Å²) in [5.41, 5.74) is 3.87. The van der Waals surface area contributed by atoms with Crippen molar-refractivity contribution in [3.05, 3.63) is 77.6 Å². The Hall–Kier alpha value is -3.41. The second-order valence-electron chi connectivity index (χ2n) is 6.33. The van der Waals surface area contributed by atoms with Gasteiger partial charge < -0.3 is 15.0 Å². The maximum absolute atomic E-state index is 12.3. The minimum atomic E-state index is -0.195. The Bertz CT molecular complexity index is 939. The molecule has 6 heteroatoms. The maximum atomic E-state index is 12.3. The van der Waals surface area contributed by atoms with Crippen LogP contribution in [0.1, 0.15) is 21.5 Å². The van der Waals surface area contributed by atoms with Gasteiger partial charge in [0.15, 0.2) is 0 Å². The highest BCUT2D eigenvalue weighted by Crippen LogP contribution is 2.31. The second kappa shape index (κ2) is 7.45. The molecular weight excluding hydrogens is 340 g/mol. The average molecular weight is 360 g/mol. The highest BCUT2D eigenvalue weighted by molar-refractivity contribution is 5.93. The molecule has 4 rings (SSSR count). The molecule has 0 atom stereocenters. The summed E-state index contributed by atoms with van der Waals surface area (Å²) in [6.45, 7) is 1.28. The van der Waals surface area contributed by atoms with E-state index in [1.165, 1.54) is 5.56 Å². The highest BCUT2D eigenvalue weighted by Gasteiger charge is 2.21. The number of hydrogen-bond donors (Lipinski definition) is 1. The van der Waals surface area contributed by atoms with Crippen LogP contribution in [0, 0.1) is 0 Å². The van der Waals surface area contributed by atoms with Gasteiger partial charge in [-0.25, -0.2) is 9.97 Å². The van der Waals surface area contributed by atoms with E-state index < -0.39 is 0 Å². The third-order valence-corrected chi connectivity index (χ3v) is 4.64. The van der Waals surface area contributed by atoms with Crippen LogP contribution in [0.25, 0.3) is 0 Å². The summed E-state index contributed by atoms with van der Waals surface area (Å²) in [6.07, 6.45) is 4.13. The van der Waals surface area contributed by atoms with Crippen LogP contribution in [-0.2, 0) is 13.0 Å². The van der Waals surface area contributed by atoms with Crippen molar-refractivity contribution in [3.63, 3.8) is 0 Å². The quantitative estimate of drug-likeness (QED) is 0.757. The Morgan fingerprint density at radius 3 is 2.59 bits per heavy atom. The monoisotopic (exact) mass is 360 g/mol. The average Bonchev–Trinajstić information content (AvgIpc) is 3.16. The van der Waals surface area contributed by atoms with Crippen LogP contribution in [-0.4, -0.2) is 29.5 Å². The zero-order chi connectivity index (χ0) is 18.6. The molecule has 0 unspecified atom stereocenters. The van der Waals surface area contributed by atoms with Gasteiger partial charge in [-0.05, 0) is 35.7 Å². The first-order valence-corrected chi connectivity index (χ1v) is 8.83. The van der Waals surface area contributed by atoms with Crippen molar-refractivity contribution in [2.45, 2.75) is 13.0 Å². The third-order valence-electron chi connectivity index (χ3n) is 4.64. The number of benzene rings is 2. The number of ether oxygens (including phenoxy) is 1. The molecule has 0 radical (unpaired) electrons. The molecule has 1 aromatic heterocycles. The lowest BCUT2D eigenvalue weighted by atomic mass is 10.2. The second-order valence-corrected chi connectivity index (χ2v) is 6.33. The van der Waals surface area contributed by atoms with Gasteiger partial charge in [-0.1, -0.05) is 30.3 Å². The summed E-state index contributed by atoms with van der Waals surface area (Å²) in [6, 6.07) is 15.8. The van der Waals surface area contributed by atoms with Gasteiger partial charge in [0.05, 0.1) is 12.7 Å². The number of carbonyl (C=O) groups is 1. The number of fused-ring (bicyclic) bond motifs is 1. The summed E-state index contributed by atoms with van der Waals surface area (Å²) in [7, 11) is 1.63. The molecule has 6 nitrogen and oxygen atoms in total. The molecule has 0 saturated heterocycles. The molecule has 0 saturated carbocycles. The van der Waals surface area contributed by atoms with Crippen LogP contribution in [0.5, 0.6) is 5.75 Å². The molecule has 3 aromatic rings. The number of aromatic nitrogens is 2. The van der Waals surface area contributed by atoms with Crippen LogP contribution >= 0.6 is 0 Å². The molecule has 1 N–H and O–H groups in total. The number of rotatable bonds is 5. The van der Waals surface area contributed by atoms with Gasteiger partial charge in [0.25, 0.3) is 5.91 Å². The van der Waals surface area contributed by atoms with E-state index in [1.807, 2.05) is 36.4 Å². The zero-order valence-electron chi connectivity index (χ0n) is 15.1. The Morgan fingerprint density at radius 1 is 1.11 bits per heavy atom. The number of methoxy groups -OCH3 is 1. The number of hydrogen-bond acceptors (Lipinski definition) is 5. The molecule has 0 aliphatic carbocycles. The topological polar surface area (TPSA) is 67.3 Å². The predicted molar refractivity (Wildman–Crippen MR) is 103 cm³/mol. The number of nitrogens with one attached hydrogen (secondary N) is 1. The highest BCUT2D eigenvalue weighted by atomic mass is 16.5. The summed E-state index contributed by atoms with van der Waals surface area (Å²) in [4.78, 5) is 23.2. The van der Waals surface area contributed by atoms with Crippen LogP contribution in [0.3, 0.4) is 0 Å². The summed E-state index contributed by atoms with van der Waals surface area (Å²) >= 11 is 0. The minimum absolute atomic E-state index is 0.195. The van der Waals surface area contributed by atoms with Crippen molar-refractivity contribution >= 4 is 17.5 Å². The SMILES string of the molecule is COc1ccc(CNC(=O)c2cnc(N3CCc4ccccc43)nc2)cc1. The zero-order valence-corrected chi connectivity index (χ0v) is 15.1. The van der Waals surface area contributed by atoms with Gasteiger partial charge in [0, 0.05) is 31.2 Å². The first-order chi connectivity index (χ1) is 13.2. The van der Waals surface area contributed by atoms with Crippen LogP contribution in [0.15, 0.2) is 60.9 Å². The van der Waals surface area contributed by atoms with Gasteiger partial charge in [0.1, 0.15) is 5.75 Å². The van der Waals surface area contributed by atoms with Crippen molar-refractivity contribution in [1.82, 2.24) is 15.3 Å².